The van der Waals surface area contributed by atoms with Gasteiger partial charge in [-0.3, -0.25) is 4.98 Å². The summed E-state index contributed by atoms with van der Waals surface area (Å²) >= 11 is 0. The monoisotopic (exact) mass is 490 g/mol. The van der Waals surface area contributed by atoms with Crippen molar-refractivity contribution in [1.82, 2.24) is 4.98 Å². The minimum atomic E-state index is -1.33. The van der Waals surface area contributed by atoms with Crippen molar-refractivity contribution in [2.75, 3.05) is 24.6 Å². The SMILES string of the molecule is CCOc1ccc(-c2cnc(C)c([C@H](OC(C)(C)C)C(=O)O)c2N2CCC(C)(C)CC2)c(F)c1F. The van der Waals surface area contributed by atoms with Crippen molar-refractivity contribution in [2.45, 2.75) is 73.0 Å². The number of anilines is 1. The maximum Gasteiger partial charge on any atom is 0.337 e. The molecule has 1 aliphatic rings. The number of carboxylic acids is 1. The smallest absolute Gasteiger partial charge is 0.337 e. The number of nitrogens with zero attached hydrogens (tertiary/aromatic N) is 2. The molecule has 3 rings (SSSR count). The molecule has 1 N–H and O–H groups in total. The summed E-state index contributed by atoms with van der Waals surface area (Å²) in [5.41, 5.74) is 1.04. The van der Waals surface area contributed by atoms with Crippen LogP contribution in [0.4, 0.5) is 14.5 Å². The molecule has 1 atom stereocenters. The molecule has 1 saturated heterocycles. The van der Waals surface area contributed by atoms with E-state index in [4.69, 9.17) is 9.47 Å². The number of carbonyl (C=O) groups is 1. The van der Waals surface area contributed by atoms with Crippen LogP contribution in [0.1, 0.15) is 71.7 Å². The van der Waals surface area contributed by atoms with Gasteiger partial charge in [0.2, 0.25) is 5.82 Å². The van der Waals surface area contributed by atoms with Gasteiger partial charge in [0, 0.05) is 41.7 Å². The molecule has 2 heterocycles. The number of aryl methyl sites for hydroxylation is 1. The number of piperidine rings is 1. The normalized spacial score (nSPS) is 16.8. The molecule has 8 heteroatoms. The van der Waals surface area contributed by atoms with Crippen LogP contribution in [0, 0.1) is 24.0 Å². The first-order valence-electron chi connectivity index (χ1n) is 12.0. The summed E-state index contributed by atoms with van der Waals surface area (Å²) < 4.78 is 41.4. The Balaban J connectivity index is 2.28. The van der Waals surface area contributed by atoms with Crippen molar-refractivity contribution < 1.29 is 28.2 Å². The Morgan fingerprint density at radius 2 is 1.80 bits per heavy atom. The van der Waals surface area contributed by atoms with Gasteiger partial charge in [-0.2, -0.15) is 4.39 Å². The van der Waals surface area contributed by atoms with Gasteiger partial charge in [0.05, 0.1) is 17.9 Å². The lowest BCUT2D eigenvalue weighted by Crippen LogP contribution is -2.39. The standard InChI is InChI=1S/C27H36F2N2O4/c1-8-34-19-10-9-17(21(28)22(19)29)18-15-30-16(2)20(24(25(32)33)35-26(3,4)5)23(18)31-13-11-27(6,7)12-14-31/h9-10,15,24H,8,11-14H2,1-7H3,(H,32,33)/t24-/m0/s1. The van der Waals surface area contributed by atoms with E-state index in [-0.39, 0.29) is 23.3 Å². The lowest BCUT2D eigenvalue weighted by Gasteiger charge is -2.41. The second-order valence-electron chi connectivity index (χ2n) is 10.8. The summed E-state index contributed by atoms with van der Waals surface area (Å²) in [6, 6.07) is 2.84. The molecule has 2 aromatic rings. The van der Waals surface area contributed by atoms with E-state index in [1.807, 2.05) is 0 Å². The summed E-state index contributed by atoms with van der Waals surface area (Å²) in [6.45, 7) is 14.6. The van der Waals surface area contributed by atoms with Gasteiger partial charge in [-0.1, -0.05) is 13.8 Å². The maximum atomic E-state index is 15.4. The summed E-state index contributed by atoms with van der Waals surface area (Å²) in [6.07, 6.45) is 1.89. The Bertz CT molecular complexity index is 1090. The van der Waals surface area contributed by atoms with Crippen LogP contribution in [0.2, 0.25) is 0 Å². The van der Waals surface area contributed by atoms with Crippen molar-refractivity contribution in [3.05, 3.63) is 41.2 Å². The van der Waals surface area contributed by atoms with E-state index in [9.17, 15) is 14.3 Å². The lowest BCUT2D eigenvalue weighted by molar-refractivity contribution is -0.160. The van der Waals surface area contributed by atoms with Gasteiger partial charge in [0.1, 0.15) is 0 Å². The molecule has 0 saturated carbocycles. The van der Waals surface area contributed by atoms with Gasteiger partial charge in [-0.15, -0.1) is 0 Å². The molecule has 1 aliphatic heterocycles. The Kier molecular flexibility index (Phi) is 7.74. The Labute approximate surface area is 206 Å². The second kappa shape index (κ2) is 10.1. The largest absolute Gasteiger partial charge is 0.491 e. The molecule has 1 fully saturated rings. The van der Waals surface area contributed by atoms with E-state index in [0.717, 1.165) is 12.8 Å². The van der Waals surface area contributed by atoms with Gasteiger partial charge in [0.25, 0.3) is 0 Å². The van der Waals surface area contributed by atoms with Crippen molar-refractivity contribution in [3.8, 4) is 16.9 Å². The molecule has 1 aromatic heterocycles. The minimum absolute atomic E-state index is 0.000524. The highest BCUT2D eigenvalue weighted by Gasteiger charge is 2.36. The van der Waals surface area contributed by atoms with Crippen LogP contribution in [-0.4, -0.2) is 41.4 Å². The highest BCUT2D eigenvalue weighted by molar-refractivity contribution is 5.86. The average Bonchev–Trinajstić information content (AvgIpc) is 2.75. The number of rotatable bonds is 7. The van der Waals surface area contributed by atoms with Crippen LogP contribution in [0.5, 0.6) is 5.75 Å². The van der Waals surface area contributed by atoms with Crippen LogP contribution in [-0.2, 0) is 9.53 Å². The quantitative estimate of drug-likeness (QED) is 0.491. The molecule has 6 nitrogen and oxygen atoms in total. The molecular weight excluding hydrogens is 454 g/mol. The van der Waals surface area contributed by atoms with E-state index in [2.05, 4.69) is 23.7 Å². The predicted octanol–water partition coefficient (Wildman–Crippen LogP) is 6.30. The van der Waals surface area contributed by atoms with Crippen LogP contribution in [0.3, 0.4) is 0 Å². The molecule has 0 spiro atoms. The maximum absolute atomic E-state index is 15.4. The highest BCUT2D eigenvalue weighted by atomic mass is 19.2. The fraction of sp³-hybridized carbons (Fsp3) is 0.556. The molecule has 0 amide bonds. The van der Waals surface area contributed by atoms with Crippen LogP contribution < -0.4 is 9.64 Å². The molecule has 0 unspecified atom stereocenters. The highest BCUT2D eigenvalue weighted by Crippen LogP contribution is 2.44. The Hall–Kier alpha value is -2.74. The number of aliphatic carboxylic acids is 1. The number of hydrogen-bond acceptors (Lipinski definition) is 5. The number of pyridine rings is 1. The predicted molar refractivity (Wildman–Crippen MR) is 132 cm³/mol. The first kappa shape index (κ1) is 26.9. The van der Waals surface area contributed by atoms with Gasteiger partial charge < -0.3 is 19.5 Å². The molecule has 1 aromatic carbocycles. The zero-order valence-electron chi connectivity index (χ0n) is 21.7. The zero-order chi connectivity index (χ0) is 26.1. The van der Waals surface area contributed by atoms with Crippen molar-refractivity contribution >= 4 is 11.7 Å². The van der Waals surface area contributed by atoms with E-state index >= 15 is 4.39 Å². The number of benzene rings is 1. The molecule has 35 heavy (non-hydrogen) atoms. The lowest BCUT2D eigenvalue weighted by atomic mass is 9.82. The van der Waals surface area contributed by atoms with E-state index < -0.39 is 29.3 Å². The summed E-state index contributed by atoms with van der Waals surface area (Å²) in [7, 11) is 0. The molecule has 0 bridgehead atoms. The number of aromatic nitrogens is 1. The van der Waals surface area contributed by atoms with Gasteiger partial charge in [-0.05, 0) is 65.0 Å². The Morgan fingerprint density at radius 3 is 2.34 bits per heavy atom. The fourth-order valence-electron chi connectivity index (χ4n) is 4.39. The number of ether oxygens (including phenoxy) is 2. The third-order valence-electron chi connectivity index (χ3n) is 6.32. The van der Waals surface area contributed by atoms with Gasteiger partial charge >= 0.3 is 5.97 Å². The van der Waals surface area contributed by atoms with E-state index in [1.165, 1.54) is 18.3 Å². The molecule has 192 valence electrons. The van der Waals surface area contributed by atoms with Crippen molar-refractivity contribution in [1.29, 1.82) is 0 Å². The summed E-state index contributed by atoms with van der Waals surface area (Å²) in [4.78, 5) is 18.9. The third-order valence-corrected chi connectivity index (χ3v) is 6.32. The van der Waals surface area contributed by atoms with Crippen molar-refractivity contribution in [2.24, 2.45) is 5.41 Å². The summed E-state index contributed by atoms with van der Waals surface area (Å²) in [5, 5.41) is 10.2. The third kappa shape index (κ3) is 5.92. The molecular formula is C27H36F2N2O4. The zero-order valence-corrected chi connectivity index (χ0v) is 21.7. The fourth-order valence-corrected chi connectivity index (χ4v) is 4.39. The first-order valence-corrected chi connectivity index (χ1v) is 12.0. The minimum Gasteiger partial charge on any atom is -0.491 e. The number of hydrogen-bond donors (Lipinski definition) is 1. The number of carboxylic acid groups (broad SMARTS) is 1. The van der Waals surface area contributed by atoms with E-state index in [1.54, 1.807) is 34.6 Å². The number of halogens is 2. The Morgan fingerprint density at radius 1 is 1.17 bits per heavy atom. The van der Waals surface area contributed by atoms with E-state index in [0.29, 0.717) is 35.6 Å². The van der Waals surface area contributed by atoms with Gasteiger partial charge in [0.15, 0.2) is 17.7 Å². The van der Waals surface area contributed by atoms with Crippen LogP contribution in [0.25, 0.3) is 11.1 Å². The second-order valence-corrected chi connectivity index (χ2v) is 10.8. The van der Waals surface area contributed by atoms with Crippen molar-refractivity contribution in [3.63, 3.8) is 0 Å². The molecule has 0 radical (unpaired) electrons. The topological polar surface area (TPSA) is 71.9 Å². The van der Waals surface area contributed by atoms with Crippen LogP contribution in [0.15, 0.2) is 18.3 Å². The van der Waals surface area contributed by atoms with Crippen LogP contribution >= 0.6 is 0 Å². The molecule has 0 aliphatic carbocycles. The average molecular weight is 491 g/mol. The van der Waals surface area contributed by atoms with Gasteiger partial charge in [-0.25, -0.2) is 9.18 Å². The summed E-state index contributed by atoms with van der Waals surface area (Å²) in [5.74, 6) is -3.48. The first-order chi connectivity index (χ1) is 16.3.